The maximum absolute atomic E-state index is 6.03. The van der Waals surface area contributed by atoms with Gasteiger partial charge in [0.25, 0.3) is 0 Å². The van der Waals surface area contributed by atoms with Gasteiger partial charge in [-0.3, -0.25) is 0 Å². The van der Waals surface area contributed by atoms with Crippen LogP contribution >= 0.6 is 0 Å². The van der Waals surface area contributed by atoms with Gasteiger partial charge in [0.1, 0.15) is 18.4 Å². The van der Waals surface area contributed by atoms with Gasteiger partial charge in [-0.05, 0) is 43.2 Å². The van der Waals surface area contributed by atoms with Crippen molar-refractivity contribution in [2.45, 2.75) is 19.9 Å². The van der Waals surface area contributed by atoms with Gasteiger partial charge in [-0.1, -0.05) is 24.3 Å². The zero-order chi connectivity index (χ0) is 14.8. The van der Waals surface area contributed by atoms with Crippen LogP contribution in [-0.4, -0.2) is 12.6 Å². The van der Waals surface area contributed by atoms with Gasteiger partial charge in [0.15, 0.2) is 5.96 Å². The quantitative estimate of drug-likeness (QED) is 0.656. The lowest BCUT2D eigenvalue weighted by atomic mass is 10.1. The number of hydrogen-bond acceptors (Lipinski definition) is 2. The maximum Gasteiger partial charge on any atom is 0.193 e. The molecular formula is C17H19N3O. The lowest BCUT2D eigenvalue weighted by Crippen LogP contribution is -2.24. The maximum atomic E-state index is 6.03. The highest BCUT2D eigenvalue weighted by Crippen LogP contribution is 2.34. The highest BCUT2D eigenvalue weighted by Gasteiger charge is 2.23. The van der Waals surface area contributed by atoms with Gasteiger partial charge < -0.3 is 15.8 Å². The number of aliphatic imine (C=N–C) groups is 1. The van der Waals surface area contributed by atoms with Crippen LogP contribution in [0, 0.1) is 13.8 Å². The highest BCUT2D eigenvalue weighted by atomic mass is 16.5. The van der Waals surface area contributed by atoms with Crippen LogP contribution in [-0.2, 0) is 0 Å². The van der Waals surface area contributed by atoms with Crippen LogP contribution in [0.25, 0.3) is 0 Å². The molecule has 1 aliphatic rings. The predicted octanol–water partition coefficient (Wildman–Crippen LogP) is 3.16. The van der Waals surface area contributed by atoms with Crippen molar-refractivity contribution >= 4 is 11.6 Å². The minimum absolute atomic E-state index is 0.0420. The zero-order valence-corrected chi connectivity index (χ0v) is 12.3. The molecule has 2 aromatic carbocycles. The van der Waals surface area contributed by atoms with Gasteiger partial charge >= 0.3 is 0 Å². The summed E-state index contributed by atoms with van der Waals surface area (Å²) < 4.78 is 5.61. The van der Waals surface area contributed by atoms with E-state index in [9.17, 15) is 0 Å². The normalized spacial score (nSPS) is 17.2. The van der Waals surface area contributed by atoms with Crippen LogP contribution in [0.2, 0.25) is 0 Å². The second-order valence-electron chi connectivity index (χ2n) is 5.38. The fourth-order valence-corrected chi connectivity index (χ4v) is 2.65. The van der Waals surface area contributed by atoms with E-state index < -0.39 is 0 Å². The number of para-hydroxylation sites is 1. The summed E-state index contributed by atoms with van der Waals surface area (Å²) in [5.41, 5.74) is 10.5. The van der Waals surface area contributed by atoms with Crippen molar-refractivity contribution in [1.29, 1.82) is 0 Å². The molecule has 0 bridgehead atoms. The Kier molecular flexibility index (Phi) is 3.52. The lowest BCUT2D eigenvalue weighted by molar-refractivity contribution is 0.334. The Morgan fingerprint density at radius 2 is 1.90 bits per heavy atom. The molecule has 0 saturated heterocycles. The van der Waals surface area contributed by atoms with Crippen LogP contribution in [0.4, 0.5) is 5.69 Å². The molecule has 0 aliphatic carbocycles. The van der Waals surface area contributed by atoms with E-state index in [0.29, 0.717) is 12.6 Å². The Labute approximate surface area is 124 Å². The van der Waals surface area contributed by atoms with Crippen LogP contribution in [0.15, 0.2) is 47.5 Å². The zero-order valence-electron chi connectivity index (χ0n) is 12.3. The number of nitrogens with two attached hydrogens (primary N) is 1. The standard InChI is InChI=1S/C17H19N3O/c1-11-7-12(2)9-13(8-11)19-17(18)20-15-10-21-16-6-4-3-5-14(15)16/h3-9,15H,10H2,1-2H3,(H3,18,19,20). The molecule has 0 fully saturated rings. The molecule has 3 N–H and O–H groups in total. The van der Waals surface area contributed by atoms with Gasteiger partial charge in [-0.2, -0.15) is 0 Å². The second kappa shape index (κ2) is 5.48. The van der Waals surface area contributed by atoms with E-state index in [2.05, 4.69) is 42.4 Å². The molecular weight excluding hydrogens is 262 g/mol. The third-order valence-electron chi connectivity index (χ3n) is 3.46. The molecule has 1 aliphatic heterocycles. The van der Waals surface area contributed by atoms with E-state index in [1.807, 2.05) is 24.3 Å². The van der Waals surface area contributed by atoms with Crippen molar-refractivity contribution < 1.29 is 4.74 Å². The molecule has 1 unspecified atom stereocenters. The van der Waals surface area contributed by atoms with Gasteiger partial charge in [0.05, 0.1) is 0 Å². The van der Waals surface area contributed by atoms with Crippen molar-refractivity contribution in [2.75, 3.05) is 11.9 Å². The van der Waals surface area contributed by atoms with Crippen LogP contribution in [0.1, 0.15) is 22.7 Å². The number of benzene rings is 2. The predicted molar refractivity (Wildman–Crippen MR) is 85.8 cm³/mol. The van der Waals surface area contributed by atoms with Crippen LogP contribution in [0.3, 0.4) is 0 Å². The van der Waals surface area contributed by atoms with Gasteiger partial charge in [0.2, 0.25) is 0 Å². The molecule has 0 amide bonds. The molecule has 4 nitrogen and oxygen atoms in total. The van der Waals surface area contributed by atoms with E-state index in [-0.39, 0.29) is 6.04 Å². The second-order valence-corrected chi connectivity index (χ2v) is 5.38. The highest BCUT2D eigenvalue weighted by molar-refractivity contribution is 5.92. The molecule has 3 rings (SSSR count). The molecule has 1 atom stereocenters. The van der Waals surface area contributed by atoms with E-state index in [4.69, 9.17) is 10.5 Å². The Balaban J connectivity index is 1.78. The first-order chi connectivity index (χ1) is 10.1. The van der Waals surface area contributed by atoms with Crippen LogP contribution in [0.5, 0.6) is 5.75 Å². The molecule has 1 heterocycles. The average Bonchev–Trinajstić information content (AvgIpc) is 2.81. The van der Waals surface area contributed by atoms with E-state index in [0.717, 1.165) is 17.0 Å². The first kappa shape index (κ1) is 13.5. The summed E-state index contributed by atoms with van der Waals surface area (Å²) in [5, 5.41) is 3.15. The number of nitrogens with one attached hydrogen (secondary N) is 1. The number of hydrogen-bond donors (Lipinski definition) is 2. The minimum atomic E-state index is -0.0420. The molecule has 21 heavy (non-hydrogen) atoms. The number of rotatable bonds is 2. The summed E-state index contributed by atoms with van der Waals surface area (Å²) in [6.45, 7) is 4.66. The third-order valence-corrected chi connectivity index (χ3v) is 3.46. The summed E-state index contributed by atoms with van der Waals surface area (Å²) >= 11 is 0. The Bertz CT molecular complexity index is 674. The number of anilines is 1. The SMILES string of the molecule is Cc1cc(C)cc(NC(N)=NC2COc3ccccc32)c1. The van der Waals surface area contributed by atoms with Crippen molar-refractivity contribution in [2.24, 2.45) is 10.7 Å². The molecule has 0 aromatic heterocycles. The van der Waals surface area contributed by atoms with E-state index >= 15 is 0 Å². The van der Waals surface area contributed by atoms with Gasteiger partial charge in [-0.25, -0.2) is 4.99 Å². The summed E-state index contributed by atoms with van der Waals surface area (Å²) in [7, 11) is 0. The van der Waals surface area contributed by atoms with E-state index in [1.165, 1.54) is 11.1 Å². The van der Waals surface area contributed by atoms with Crippen molar-refractivity contribution in [1.82, 2.24) is 0 Å². The first-order valence-corrected chi connectivity index (χ1v) is 7.02. The topological polar surface area (TPSA) is 59.6 Å². The Morgan fingerprint density at radius 1 is 1.19 bits per heavy atom. The molecule has 2 aromatic rings. The Morgan fingerprint density at radius 3 is 2.67 bits per heavy atom. The number of fused-ring (bicyclic) bond motifs is 1. The lowest BCUT2D eigenvalue weighted by Gasteiger charge is -2.10. The molecule has 0 radical (unpaired) electrons. The van der Waals surface area contributed by atoms with E-state index in [1.54, 1.807) is 0 Å². The van der Waals surface area contributed by atoms with Gasteiger partial charge in [-0.15, -0.1) is 0 Å². The minimum Gasteiger partial charge on any atom is -0.491 e. The molecule has 0 saturated carbocycles. The first-order valence-electron chi connectivity index (χ1n) is 7.02. The van der Waals surface area contributed by atoms with Gasteiger partial charge in [0, 0.05) is 11.3 Å². The summed E-state index contributed by atoms with van der Waals surface area (Å²) in [5.74, 6) is 1.30. The fourth-order valence-electron chi connectivity index (χ4n) is 2.65. The monoisotopic (exact) mass is 281 g/mol. The smallest absolute Gasteiger partial charge is 0.193 e. The molecule has 108 valence electrons. The Hall–Kier alpha value is -2.49. The van der Waals surface area contributed by atoms with Crippen molar-refractivity contribution in [3.8, 4) is 5.75 Å². The summed E-state index contributed by atoms with van der Waals surface area (Å²) in [6, 6.07) is 14.1. The fraction of sp³-hybridized carbons (Fsp3) is 0.235. The third kappa shape index (κ3) is 2.99. The number of aryl methyl sites for hydroxylation is 2. The summed E-state index contributed by atoms with van der Waals surface area (Å²) in [4.78, 5) is 4.53. The molecule has 4 heteroatoms. The largest absolute Gasteiger partial charge is 0.491 e. The number of nitrogens with zero attached hydrogens (tertiary/aromatic N) is 1. The summed E-state index contributed by atoms with van der Waals surface area (Å²) in [6.07, 6.45) is 0. The molecule has 0 spiro atoms. The van der Waals surface area contributed by atoms with Crippen molar-refractivity contribution in [3.63, 3.8) is 0 Å². The van der Waals surface area contributed by atoms with Crippen LogP contribution < -0.4 is 15.8 Å². The number of ether oxygens (including phenoxy) is 1. The van der Waals surface area contributed by atoms with Crippen molar-refractivity contribution in [3.05, 3.63) is 59.2 Å². The average molecular weight is 281 g/mol. The number of guanidine groups is 1.